The fourth-order valence-electron chi connectivity index (χ4n) is 1.39. The molecule has 5 nitrogen and oxygen atoms in total. The van der Waals surface area contributed by atoms with E-state index in [0.29, 0.717) is 11.4 Å². The van der Waals surface area contributed by atoms with Crippen LogP contribution in [0.4, 0.5) is 5.82 Å². The first-order valence-electron chi connectivity index (χ1n) is 5.29. The molecule has 2 heterocycles. The summed E-state index contributed by atoms with van der Waals surface area (Å²) < 4.78 is 0. The third-order valence-electron chi connectivity index (χ3n) is 2.30. The smallest absolute Gasteiger partial charge is 0.258 e. The molecule has 0 saturated carbocycles. The molecule has 88 valence electrons. The molecule has 0 aliphatic carbocycles. The molecule has 1 amide bonds. The van der Waals surface area contributed by atoms with Crippen molar-refractivity contribution in [1.29, 1.82) is 5.26 Å². The maximum Gasteiger partial charge on any atom is 0.258 e. The number of aryl methyl sites for hydroxylation is 1. The van der Waals surface area contributed by atoms with Gasteiger partial charge in [-0.3, -0.25) is 4.79 Å². The first-order chi connectivity index (χ1) is 8.69. The summed E-state index contributed by atoms with van der Waals surface area (Å²) in [6, 6.07) is 8.56. The number of anilines is 1. The van der Waals surface area contributed by atoms with Gasteiger partial charge in [-0.2, -0.15) is 5.26 Å². The lowest BCUT2D eigenvalue weighted by Crippen LogP contribution is -2.13. The molecule has 0 bridgehead atoms. The molecule has 0 unspecified atom stereocenters. The van der Waals surface area contributed by atoms with Gasteiger partial charge in [0.2, 0.25) is 0 Å². The number of nitrogens with one attached hydrogen (secondary N) is 1. The number of pyridine rings is 2. The van der Waals surface area contributed by atoms with E-state index in [4.69, 9.17) is 5.26 Å². The molecule has 5 heteroatoms. The fraction of sp³-hybridized carbons (Fsp3) is 0.0769. The van der Waals surface area contributed by atoms with Crippen LogP contribution in [0.1, 0.15) is 21.6 Å². The molecule has 0 atom stereocenters. The van der Waals surface area contributed by atoms with Crippen LogP contribution in [0.5, 0.6) is 0 Å². The summed E-state index contributed by atoms with van der Waals surface area (Å²) in [7, 11) is 0. The second kappa shape index (κ2) is 5.06. The predicted octanol–water partition coefficient (Wildman–Crippen LogP) is 1.91. The van der Waals surface area contributed by atoms with Crippen LogP contribution in [0.25, 0.3) is 0 Å². The van der Waals surface area contributed by atoms with Crippen LogP contribution in [-0.2, 0) is 0 Å². The van der Waals surface area contributed by atoms with E-state index < -0.39 is 0 Å². The highest BCUT2D eigenvalue weighted by atomic mass is 16.1. The molecular formula is C13H10N4O. The number of nitriles is 1. The number of rotatable bonds is 2. The van der Waals surface area contributed by atoms with Crippen molar-refractivity contribution in [3.63, 3.8) is 0 Å². The van der Waals surface area contributed by atoms with Gasteiger partial charge < -0.3 is 5.32 Å². The normalized spacial score (nSPS) is 9.56. The van der Waals surface area contributed by atoms with Crippen LogP contribution in [0.15, 0.2) is 36.7 Å². The third-order valence-corrected chi connectivity index (χ3v) is 2.30. The Hall–Kier alpha value is -2.74. The summed E-state index contributed by atoms with van der Waals surface area (Å²) in [5.41, 5.74) is 1.68. The molecule has 0 radical (unpaired) electrons. The van der Waals surface area contributed by atoms with Crippen molar-refractivity contribution in [2.24, 2.45) is 0 Å². The Morgan fingerprint density at radius 2 is 2.17 bits per heavy atom. The van der Waals surface area contributed by atoms with Gasteiger partial charge in [-0.05, 0) is 36.8 Å². The Bertz CT molecular complexity index is 614. The van der Waals surface area contributed by atoms with E-state index in [-0.39, 0.29) is 11.6 Å². The minimum atomic E-state index is -0.301. The van der Waals surface area contributed by atoms with Crippen LogP contribution in [-0.4, -0.2) is 15.9 Å². The van der Waals surface area contributed by atoms with Crippen molar-refractivity contribution in [3.8, 4) is 6.07 Å². The lowest BCUT2D eigenvalue weighted by Gasteiger charge is -2.04. The van der Waals surface area contributed by atoms with Gasteiger partial charge in [0.05, 0.1) is 5.56 Å². The minimum absolute atomic E-state index is 0.278. The Morgan fingerprint density at radius 3 is 2.78 bits per heavy atom. The zero-order valence-corrected chi connectivity index (χ0v) is 9.71. The first-order valence-corrected chi connectivity index (χ1v) is 5.29. The SMILES string of the molecule is Cc1ccnc(NC(=O)c2ccc(C#N)nc2)c1. The molecule has 1 N–H and O–H groups in total. The average Bonchev–Trinajstić information content (AvgIpc) is 2.39. The number of carbonyl (C=O) groups is 1. The van der Waals surface area contributed by atoms with Crippen LogP contribution in [0, 0.1) is 18.3 Å². The standard InChI is InChI=1S/C13H10N4O/c1-9-4-5-15-12(6-9)17-13(18)10-2-3-11(7-14)16-8-10/h2-6,8H,1H3,(H,15,17,18). The van der Waals surface area contributed by atoms with E-state index >= 15 is 0 Å². The number of amides is 1. The molecule has 0 aliphatic heterocycles. The number of nitrogens with zero attached hydrogens (tertiary/aromatic N) is 3. The van der Waals surface area contributed by atoms with E-state index in [1.807, 2.05) is 19.1 Å². The zero-order chi connectivity index (χ0) is 13.0. The van der Waals surface area contributed by atoms with Crippen molar-refractivity contribution in [2.75, 3.05) is 5.32 Å². The number of hydrogen-bond donors (Lipinski definition) is 1. The monoisotopic (exact) mass is 238 g/mol. The van der Waals surface area contributed by atoms with Crippen LogP contribution >= 0.6 is 0 Å². The lowest BCUT2D eigenvalue weighted by atomic mass is 10.2. The van der Waals surface area contributed by atoms with Crippen LogP contribution in [0.3, 0.4) is 0 Å². The van der Waals surface area contributed by atoms with Crippen molar-refractivity contribution < 1.29 is 4.79 Å². The van der Waals surface area contributed by atoms with Gasteiger partial charge in [0.15, 0.2) is 0 Å². The molecule has 18 heavy (non-hydrogen) atoms. The lowest BCUT2D eigenvalue weighted by molar-refractivity contribution is 0.102. The molecule has 2 aromatic heterocycles. The Morgan fingerprint density at radius 1 is 1.33 bits per heavy atom. The Balaban J connectivity index is 2.14. The molecule has 0 aliphatic rings. The molecule has 0 spiro atoms. The van der Waals surface area contributed by atoms with Gasteiger partial charge in [0, 0.05) is 12.4 Å². The summed E-state index contributed by atoms with van der Waals surface area (Å²) in [6.07, 6.45) is 2.99. The summed E-state index contributed by atoms with van der Waals surface area (Å²) in [4.78, 5) is 19.7. The first kappa shape index (κ1) is 11.7. The second-order valence-corrected chi connectivity index (χ2v) is 3.72. The largest absolute Gasteiger partial charge is 0.307 e. The minimum Gasteiger partial charge on any atom is -0.307 e. The maximum atomic E-state index is 11.9. The summed E-state index contributed by atoms with van der Waals surface area (Å²) in [6.45, 7) is 1.92. The number of carbonyl (C=O) groups excluding carboxylic acids is 1. The molecule has 2 aromatic rings. The topological polar surface area (TPSA) is 78.7 Å². The Kier molecular flexibility index (Phi) is 3.30. The molecule has 0 aromatic carbocycles. The van der Waals surface area contributed by atoms with Gasteiger partial charge in [0.25, 0.3) is 5.91 Å². The van der Waals surface area contributed by atoms with Gasteiger partial charge in [-0.15, -0.1) is 0 Å². The molecule has 0 fully saturated rings. The van der Waals surface area contributed by atoms with E-state index in [2.05, 4.69) is 15.3 Å². The van der Waals surface area contributed by atoms with Crippen LogP contribution in [0.2, 0.25) is 0 Å². The van der Waals surface area contributed by atoms with Crippen molar-refractivity contribution in [2.45, 2.75) is 6.92 Å². The van der Waals surface area contributed by atoms with Crippen molar-refractivity contribution >= 4 is 11.7 Å². The zero-order valence-electron chi connectivity index (χ0n) is 9.71. The van der Waals surface area contributed by atoms with E-state index in [1.165, 1.54) is 12.3 Å². The highest BCUT2D eigenvalue weighted by molar-refractivity contribution is 6.03. The molecule has 0 saturated heterocycles. The van der Waals surface area contributed by atoms with Gasteiger partial charge >= 0.3 is 0 Å². The summed E-state index contributed by atoms with van der Waals surface area (Å²) >= 11 is 0. The van der Waals surface area contributed by atoms with E-state index in [1.54, 1.807) is 18.3 Å². The number of hydrogen-bond acceptors (Lipinski definition) is 4. The molecule has 2 rings (SSSR count). The highest BCUT2D eigenvalue weighted by Crippen LogP contribution is 2.08. The van der Waals surface area contributed by atoms with Gasteiger partial charge in [0.1, 0.15) is 17.6 Å². The van der Waals surface area contributed by atoms with Crippen molar-refractivity contribution in [1.82, 2.24) is 9.97 Å². The average molecular weight is 238 g/mol. The predicted molar refractivity (Wildman–Crippen MR) is 65.9 cm³/mol. The van der Waals surface area contributed by atoms with Gasteiger partial charge in [-0.1, -0.05) is 0 Å². The maximum absolute atomic E-state index is 11.9. The Labute approximate surface area is 104 Å². The summed E-state index contributed by atoms with van der Waals surface area (Å²) in [5, 5.41) is 11.3. The second-order valence-electron chi connectivity index (χ2n) is 3.72. The van der Waals surface area contributed by atoms with Gasteiger partial charge in [-0.25, -0.2) is 9.97 Å². The third kappa shape index (κ3) is 2.68. The number of aromatic nitrogens is 2. The highest BCUT2D eigenvalue weighted by Gasteiger charge is 2.07. The van der Waals surface area contributed by atoms with E-state index in [9.17, 15) is 4.79 Å². The summed E-state index contributed by atoms with van der Waals surface area (Å²) in [5.74, 6) is 0.189. The van der Waals surface area contributed by atoms with Crippen LogP contribution < -0.4 is 5.32 Å². The van der Waals surface area contributed by atoms with Crippen molar-refractivity contribution in [3.05, 3.63) is 53.5 Å². The quantitative estimate of drug-likeness (QED) is 0.866. The fourth-order valence-corrected chi connectivity index (χ4v) is 1.39. The van der Waals surface area contributed by atoms with E-state index in [0.717, 1.165) is 5.56 Å². The molecular weight excluding hydrogens is 228 g/mol.